The minimum atomic E-state index is -3.76. The lowest BCUT2D eigenvalue weighted by Crippen LogP contribution is -2.38. The number of carbonyl (C=O) groups is 1. The Bertz CT molecular complexity index is 1190. The standard InChI is InChI=1S/C22H25N3O4S2/c1-24(2)31(27,28)20-14-15(11-12-18(20)29-3)22(26)25-13-7-6-9-17(25)21-23-16-8-4-5-10-19(16)30-21/h4-5,8,10-12,14,17H,6-7,9,13H2,1-3H3. The van der Waals surface area contributed by atoms with Gasteiger partial charge in [-0.05, 0) is 49.6 Å². The third-order valence-corrected chi connectivity index (χ3v) is 8.50. The van der Waals surface area contributed by atoms with Gasteiger partial charge in [-0.25, -0.2) is 17.7 Å². The lowest BCUT2D eigenvalue weighted by atomic mass is 10.0. The van der Waals surface area contributed by atoms with Crippen LogP contribution in [0.25, 0.3) is 10.2 Å². The molecule has 1 aromatic heterocycles. The number of likely N-dealkylation sites (tertiary alicyclic amines) is 1. The fourth-order valence-electron chi connectivity index (χ4n) is 3.84. The molecule has 0 spiro atoms. The second-order valence-corrected chi connectivity index (χ2v) is 10.9. The highest BCUT2D eigenvalue weighted by molar-refractivity contribution is 7.89. The molecular weight excluding hydrogens is 434 g/mol. The molecule has 1 fully saturated rings. The smallest absolute Gasteiger partial charge is 0.254 e. The normalized spacial score (nSPS) is 17.3. The number of piperidine rings is 1. The van der Waals surface area contributed by atoms with Gasteiger partial charge in [0.1, 0.15) is 15.7 Å². The SMILES string of the molecule is COc1ccc(C(=O)N2CCCCC2c2nc3ccccc3s2)cc1S(=O)(=O)N(C)C. The van der Waals surface area contributed by atoms with Crippen molar-refractivity contribution in [2.45, 2.75) is 30.2 Å². The van der Waals surface area contributed by atoms with Crippen LogP contribution < -0.4 is 4.74 Å². The lowest BCUT2D eigenvalue weighted by Gasteiger charge is -2.34. The summed E-state index contributed by atoms with van der Waals surface area (Å²) >= 11 is 1.61. The van der Waals surface area contributed by atoms with Crippen LogP contribution in [0.15, 0.2) is 47.4 Å². The van der Waals surface area contributed by atoms with Gasteiger partial charge in [-0.3, -0.25) is 4.79 Å². The Morgan fingerprint density at radius 2 is 1.97 bits per heavy atom. The molecule has 3 aromatic rings. The van der Waals surface area contributed by atoms with Crippen LogP contribution in [0, 0.1) is 0 Å². The quantitative estimate of drug-likeness (QED) is 0.578. The van der Waals surface area contributed by atoms with Gasteiger partial charge in [0, 0.05) is 26.2 Å². The molecule has 1 atom stereocenters. The van der Waals surface area contributed by atoms with Gasteiger partial charge in [0.05, 0.1) is 23.4 Å². The third kappa shape index (κ3) is 4.05. The number of thiazole rings is 1. The molecule has 4 rings (SSSR count). The molecule has 31 heavy (non-hydrogen) atoms. The summed E-state index contributed by atoms with van der Waals surface area (Å²) in [6, 6.07) is 12.4. The van der Waals surface area contributed by atoms with Crippen LogP contribution in [-0.4, -0.2) is 56.3 Å². The summed E-state index contributed by atoms with van der Waals surface area (Å²) < 4.78 is 33.0. The number of amides is 1. The molecule has 0 aliphatic carbocycles. The number of carbonyl (C=O) groups excluding carboxylic acids is 1. The van der Waals surface area contributed by atoms with Crippen molar-refractivity contribution in [2.75, 3.05) is 27.7 Å². The van der Waals surface area contributed by atoms with Crippen LogP contribution in [0.2, 0.25) is 0 Å². The second-order valence-electron chi connectivity index (χ2n) is 7.68. The zero-order valence-electron chi connectivity index (χ0n) is 17.7. The topological polar surface area (TPSA) is 79.8 Å². The van der Waals surface area contributed by atoms with Gasteiger partial charge in [-0.1, -0.05) is 12.1 Å². The molecule has 1 aliphatic rings. The Kier molecular flexibility index (Phi) is 6.00. The summed E-state index contributed by atoms with van der Waals surface area (Å²) in [5.41, 5.74) is 1.26. The van der Waals surface area contributed by atoms with Crippen LogP contribution in [0.3, 0.4) is 0 Å². The molecule has 1 aliphatic heterocycles. The third-order valence-electron chi connectivity index (χ3n) is 5.53. The maximum atomic E-state index is 13.5. The average molecular weight is 460 g/mol. The fraction of sp³-hybridized carbons (Fsp3) is 0.364. The predicted octanol–water partition coefficient (Wildman–Crippen LogP) is 3.92. The van der Waals surface area contributed by atoms with Crippen molar-refractivity contribution in [1.29, 1.82) is 0 Å². The summed E-state index contributed by atoms with van der Waals surface area (Å²) in [6.07, 6.45) is 2.77. The summed E-state index contributed by atoms with van der Waals surface area (Å²) in [6.45, 7) is 0.612. The van der Waals surface area contributed by atoms with E-state index in [1.807, 2.05) is 29.2 Å². The molecular formula is C22H25N3O4S2. The van der Waals surface area contributed by atoms with Gasteiger partial charge < -0.3 is 9.64 Å². The van der Waals surface area contributed by atoms with Gasteiger partial charge in [-0.2, -0.15) is 0 Å². The number of hydrogen-bond acceptors (Lipinski definition) is 6. The van der Waals surface area contributed by atoms with Crippen LogP contribution in [0.4, 0.5) is 0 Å². The number of para-hydroxylation sites is 1. The van der Waals surface area contributed by atoms with E-state index in [2.05, 4.69) is 0 Å². The zero-order chi connectivity index (χ0) is 22.2. The monoisotopic (exact) mass is 459 g/mol. The predicted molar refractivity (Wildman–Crippen MR) is 121 cm³/mol. The molecule has 2 aromatic carbocycles. The molecule has 2 heterocycles. The Hall–Kier alpha value is -2.49. The van der Waals surface area contributed by atoms with Gasteiger partial charge >= 0.3 is 0 Å². The summed E-state index contributed by atoms with van der Waals surface area (Å²) in [7, 11) is 0.565. The van der Waals surface area contributed by atoms with E-state index in [0.717, 1.165) is 38.8 Å². The van der Waals surface area contributed by atoms with Crippen molar-refractivity contribution in [1.82, 2.24) is 14.2 Å². The molecule has 0 N–H and O–H groups in total. The van der Waals surface area contributed by atoms with Gasteiger partial charge in [0.15, 0.2) is 0 Å². The number of nitrogens with zero attached hydrogens (tertiary/aromatic N) is 3. The first kappa shape index (κ1) is 21.7. The second kappa shape index (κ2) is 8.57. The highest BCUT2D eigenvalue weighted by atomic mass is 32.2. The molecule has 164 valence electrons. The van der Waals surface area contributed by atoms with E-state index >= 15 is 0 Å². The highest BCUT2D eigenvalue weighted by Crippen LogP contribution is 2.37. The average Bonchev–Trinajstić information content (AvgIpc) is 3.22. The van der Waals surface area contributed by atoms with Gasteiger partial charge in [0.25, 0.3) is 5.91 Å². The molecule has 1 saturated heterocycles. The van der Waals surface area contributed by atoms with Crippen LogP contribution in [-0.2, 0) is 10.0 Å². The maximum absolute atomic E-state index is 13.5. The highest BCUT2D eigenvalue weighted by Gasteiger charge is 2.32. The van der Waals surface area contributed by atoms with Crippen molar-refractivity contribution in [3.05, 3.63) is 53.0 Å². The van der Waals surface area contributed by atoms with E-state index in [9.17, 15) is 13.2 Å². The minimum absolute atomic E-state index is 0.0144. The summed E-state index contributed by atoms with van der Waals surface area (Å²) in [5, 5.41) is 0.920. The largest absolute Gasteiger partial charge is 0.495 e. The molecule has 1 amide bonds. The zero-order valence-corrected chi connectivity index (χ0v) is 19.4. The van der Waals surface area contributed by atoms with E-state index in [-0.39, 0.29) is 22.6 Å². The molecule has 1 unspecified atom stereocenters. The Balaban J connectivity index is 1.72. The number of sulfonamides is 1. The van der Waals surface area contributed by atoms with Crippen molar-refractivity contribution in [2.24, 2.45) is 0 Å². The van der Waals surface area contributed by atoms with Crippen LogP contribution in [0.1, 0.15) is 40.7 Å². The van der Waals surface area contributed by atoms with Crippen molar-refractivity contribution < 1.29 is 17.9 Å². The summed E-state index contributed by atoms with van der Waals surface area (Å²) in [5.74, 6) is 0.0217. The molecule has 0 saturated carbocycles. The van der Waals surface area contributed by atoms with E-state index in [1.165, 1.54) is 27.3 Å². The number of benzene rings is 2. The Labute approximate surface area is 186 Å². The van der Waals surface area contributed by atoms with Crippen molar-refractivity contribution >= 4 is 37.5 Å². The fourth-order valence-corrected chi connectivity index (χ4v) is 6.03. The summed E-state index contributed by atoms with van der Waals surface area (Å²) in [4.78, 5) is 20.1. The first-order chi connectivity index (χ1) is 14.8. The number of fused-ring (bicyclic) bond motifs is 1. The van der Waals surface area contributed by atoms with Gasteiger partial charge in [-0.15, -0.1) is 11.3 Å². The van der Waals surface area contributed by atoms with Crippen molar-refractivity contribution in [3.8, 4) is 5.75 Å². The lowest BCUT2D eigenvalue weighted by molar-refractivity contribution is 0.0611. The van der Waals surface area contributed by atoms with E-state index in [4.69, 9.17) is 9.72 Å². The molecule has 0 bridgehead atoms. The first-order valence-electron chi connectivity index (χ1n) is 10.1. The van der Waals surface area contributed by atoms with Crippen molar-refractivity contribution in [3.63, 3.8) is 0 Å². The number of rotatable bonds is 5. The molecule has 7 nitrogen and oxygen atoms in total. The Morgan fingerprint density at radius 3 is 2.68 bits per heavy atom. The minimum Gasteiger partial charge on any atom is -0.495 e. The van der Waals surface area contributed by atoms with E-state index in [0.29, 0.717) is 12.1 Å². The Morgan fingerprint density at radius 1 is 1.19 bits per heavy atom. The maximum Gasteiger partial charge on any atom is 0.254 e. The van der Waals surface area contributed by atoms with Crippen LogP contribution in [0.5, 0.6) is 5.75 Å². The van der Waals surface area contributed by atoms with E-state index in [1.54, 1.807) is 23.5 Å². The number of ether oxygens (including phenoxy) is 1. The molecule has 9 heteroatoms. The number of aromatic nitrogens is 1. The first-order valence-corrected chi connectivity index (χ1v) is 12.4. The van der Waals surface area contributed by atoms with Crippen LogP contribution >= 0.6 is 11.3 Å². The number of hydrogen-bond donors (Lipinski definition) is 0. The van der Waals surface area contributed by atoms with Gasteiger partial charge in [0.2, 0.25) is 10.0 Å². The number of methoxy groups -OCH3 is 1. The van der Waals surface area contributed by atoms with E-state index < -0.39 is 10.0 Å². The molecule has 0 radical (unpaired) electrons.